The van der Waals surface area contributed by atoms with Crippen molar-refractivity contribution in [2.24, 2.45) is 5.41 Å². The van der Waals surface area contributed by atoms with E-state index >= 15 is 0 Å². The van der Waals surface area contributed by atoms with Crippen molar-refractivity contribution >= 4 is 33.0 Å². The van der Waals surface area contributed by atoms with Crippen molar-refractivity contribution in [3.8, 4) is 0 Å². The van der Waals surface area contributed by atoms with Gasteiger partial charge < -0.3 is 0 Å². The van der Waals surface area contributed by atoms with Gasteiger partial charge in [-0.2, -0.15) is 0 Å². The summed E-state index contributed by atoms with van der Waals surface area (Å²) >= 11 is 6.97. The van der Waals surface area contributed by atoms with Crippen LogP contribution in [-0.4, -0.2) is 25.8 Å². The van der Waals surface area contributed by atoms with Crippen LogP contribution in [0.2, 0.25) is 0 Å². The van der Waals surface area contributed by atoms with Crippen LogP contribution in [0.1, 0.15) is 17.8 Å². The highest BCUT2D eigenvalue weighted by molar-refractivity contribution is 7.91. The molecule has 4 nitrogen and oxygen atoms in total. The van der Waals surface area contributed by atoms with Crippen molar-refractivity contribution < 1.29 is 8.42 Å². The second kappa shape index (κ2) is 4.25. The summed E-state index contributed by atoms with van der Waals surface area (Å²) in [4.78, 5) is 3.94. The van der Waals surface area contributed by atoms with Crippen LogP contribution in [0.4, 0.5) is 0 Å². The van der Waals surface area contributed by atoms with Gasteiger partial charge in [0.25, 0.3) is 10.0 Å². The number of hydrogen-bond donors (Lipinski definition) is 1. The number of hydrogen-bond acceptors (Lipinski definition) is 4. The summed E-state index contributed by atoms with van der Waals surface area (Å²) < 4.78 is 26.6. The summed E-state index contributed by atoms with van der Waals surface area (Å²) in [6.07, 6.45) is 3.39. The Morgan fingerprint density at radius 3 is 2.75 bits per heavy atom. The predicted octanol–water partition coefficient (Wildman–Crippen LogP) is 1.75. The number of thiazole rings is 1. The summed E-state index contributed by atoms with van der Waals surface area (Å²) in [5, 5.41) is 0.749. The molecule has 1 heterocycles. The average Bonchev–Trinajstić information content (AvgIpc) is 2.91. The normalized spacial score (nSPS) is 18.6. The topological polar surface area (TPSA) is 59.1 Å². The molecule has 7 heteroatoms. The molecule has 1 saturated carbocycles. The molecule has 1 aliphatic rings. The quantitative estimate of drug-likeness (QED) is 0.836. The number of sulfonamides is 1. The molecule has 0 amide bonds. The van der Waals surface area contributed by atoms with E-state index in [1.807, 2.05) is 0 Å². The van der Waals surface area contributed by atoms with E-state index in [0.717, 1.165) is 17.8 Å². The Morgan fingerprint density at radius 1 is 1.62 bits per heavy atom. The second-order valence-electron chi connectivity index (χ2n) is 4.16. The fourth-order valence-corrected chi connectivity index (χ4v) is 3.99. The number of rotatable bonds is 5. The van der Waals surface area contributed by atoms with Crippen molar-refractivity contribution in [3.63, 3.8) is 0 Å². The first kappa shape index (κ1) is 12.3. The SMILES string of the molecule is Cc1ncc(S(=O)(=O)NCC2(CCl)CC2)s1. The molecule has 2 rings (SSSR count). The molecule has 0 atom stereocenters. The lowest BCUT2D eigenvalue weighted by atomic mass is 10.1. The predicted molar refractivity (Wildman–Crippen MR) is 64.4 cm³/mol. The Bertz CT molecular complexity index is 479. The van der Waals surface area contributed by atoms with E-state index in [-0.39, 0.29) is 9.62 Å². The Balaban J connectivity index is 2.04. The van der Waals surface area contributed by atoms with Gasteiger partial charge in [-0.15, -0.1) is 22.9 Å². The van der Waals surface area contributed by atoms with E-state index in [9.17, 15) is 8.42 Å². The fraction of sp³-hybridized carbons (Fsp3) is 0.667. The molecule has 1 aliphatic carbocycles. The molecule has 90 valence electrons. The van der Waals surface area contributed by atoms with Crippen LogP contribution in [0.15, 0.2) is 10.4 Å². The van der Waals surface area contributed by atoms with E-state index in [4.69, 9.17) is 11.6 Å². The molecule has 1 fully saturated rings. The van der Waals surface area contributed by atoms with Gasteiger partial charge in [-0.1, -0.05) is 0 Å². The lowest BCUT2D eigenvalue weighted by Gasteiger charge is -2.11. The smallest absolute Gasteiger partial charge is 0.249 e. The van der Waals surface area contributed by atoms with Gasteiger partial charge in [-0.05, 0) is 25.2 Å². The fourth-order valence-electron chi connectivity index (χ4n) is 1.32. The molecule has 1 N–H and O–H groups in total. The van der Waals surface area contributed by atoms with Gasteiger partial charge in [-0.3, -0.25) is 0 Å². The zero-order valence-corrected chi connectivity index (χ0v) is 11.3. The number of alkyl halides is 1. The molecule has 0 radical (unpaired) electrons. The third-order valence-corrected chi connectivity index (χ3v) is 6.08. The largest absolute Gasteiger partial charge is 0.251 e. The molecule has 1 aromatic heterocycles. The molecule has 0 spiro atoms. The summed E-state index contributed by atoms with van der Waals surface area (Å²) in [5.41, 5.74) is -0.00560. The average molecular weight is 281 g/mol. The van der Waals surface area contributed by atoms with Crippen LogP contribution in [0, 0.1) is 12.3 Å². The van der Waals surface area contributed by atoms with Gasteiger partial charge in [0.1, 0.15) is 0 Å². The van der Waals surface area contributed by atoms with Crippen molar-refractivity contribution in [1.82, 2.24) is 9.71 Å². The van der Waals surface area contributed by atoms with E-state index in [2.05, 4.69) is 9.71 Å². The highest BCUT2D eigenvalue weighted by Gasteiger charge is 2.42. The van der Waals surface area contributed by atoms with Crippen molar-refractivity contribution in [3.05, 3.63) is 11.2 Å². The second-order valence-corrected chi connectivity index (χ2v) is 7.65. The van der Waals surface area contributed by atoms with Crippen LogP contribution < -0.4 is 4.72 Å². The number of halogens is 1. The number of aromatic nitrogens is 1. The zero-order valence-electron chi connectivity index (χ0n) is 8.86. The standard InChI is InChI=1S/C9H13ClN2O2S2/c1-7-11-4-8(15-7)16(13,14)12-6-9(5-10)2-3-9/h4,12H,2-3,5-6H2,1H3. The van der Waals surface area contributed by atoms with Gasteiger partial charge in [-0.25, -0.2) is 18.1 Å². The zero-order chi connectivity index (χ0) is 11.8. The molecule has 0 saturated heterocycles. The lowest BCUT2D eigenvalue weighted by molar-refractivity contribution is 0.535. The first-order valence-corrected chi connectivity index (χ1v) is 7.79. The van der Waals surface area contributed by atoms with Gasteiger partial charge in [0, 0.05) is 12.4 Å². The summed E-state index contributed by atoms with van der Waals surface area (Å²) in [5.74, 6) is 0.511. The maximum absolute atomic E-state index is 11.9. The maximum atomic E-state index is 11.9. The van der Waals surface area contributed by atoms with Gasteiger partial charge in [0.2, 0.25) is 0 Å². The Hall–Kier alpha value is -0.170. The Kier molecular flexibility index (Phi) is 3.27. The lowest BCUT2D eigenvalue weighted by Crippen LogP contribution is -2.30. The number of nitrogens with one attached hydrogen (secondary N) is 1. The van der Waals surface area contributed by atoms with Gasteiger partial charge in [0.05, 0.1) is 11.2 Å². The van der Waals surface area contributed by atoms with Crippen LogP contribution in [0.5, 0.6) is 0 Å². The molecule has 1 aromatic rings. The first-order chi connectivity index (χ1) is 7.47. The van der Waals surface area contributed by atoms with Crippen molar-refractivity contribution in [2.75, 3.05) is 12.4 Å². The Morgan fingerprint density at radius 2 is 2.31 bits per heavy atom. The minimum atomic E-state index is -3.40. The molecule has 16 heavy (non-hydrogen) atoms. The molecule has 0 bridgehead atoms. The summed E-state index contributed by atoms with van der Waals surface area (Å²) in [6, 6.07) is 0. The molecule has 0 aromatic carbocycles. The molecular weight excluding hydrogens is 268 g/mol. The van der Waals surface area contributed by atoms with Crippen molar-refractivity contribution in [2.45, 2.75) is 24.0 Å². The molecule has 0 aliphatic heterocycles. The highest BCUT2D eigenvalue weighted by atomic mass is 35.5. The van der Waals surface area contributed by atoms with Crippen LogP contribution in [-0.2, 0) is 10.0 Å². The van der Waals surface area contributed by atoms with Gasteiger partial charge in [0.15, 0.2) is 4.21 Å². The Labute approximate surface area is 104 Å². The van der Waals surface area contributed by atoms with E-state index in [1.165, 1.54) is 17.5 Å². The minimum Gasteiger partial charge on any atom is -0.249 e. The summed E-state index contributed by atoms with van der Waals surface area (Å²) in [7, 11) is -3.40. The molecular formula is C9H13ClN2O2S2. The van der Waals surface area contributed by atoms with Gasteiger partial charge >= 0.3 is 0 Å². The van der Waals surface area contributed by atoms with E-state index in [1.54, 1.807) is 6.92 Å². The first-order valence-electron chi connectivity index (χ1n) is 4.96. The van der Waals surface area contributed by atoms with Crippen LogP contribution >= 0.6 is 22.9 Å². The van der Waals surface area contributed by atoms with E-state index in [0.29, 0.717) is 12.4 Å². The maximum Gasteiger partial charge on any atom is 0.251 e. The molecule has 0 unspecified atom stereocenters. The van der Waals surface area contributed by atoms with Crippen molar-refractivity contribution in [1.29, 1.82) is 0 Å². The number of aryl methyl sites for hydroxylation is 1. The number of nitrogens with zero attached hydrogens (tertiary/aromatic N) is 1. The highest BCUT2D eigenvalue weighted by Crippen LogP contribution is 2.46. The van der Waals surface area contributed by atoms with Crippen LogP contribution in [0.3, 0.4) is 0 Å². The van der Waals surface area contributed by atoms with Crippen LogP contribution in [0.25, 0.3) is 0 Å². The summed E-state index contributed by atoms with van der Waals surface area (Å²) in [6.45, 7) is 2.21. The monoisotopic (exact) mass is 280 g/mol. The minimum absolute atomic E-state index is 0.00560. The third-order valence-electron chi connectivity index (χ3n) is 2.74. The third kappa shape index (κ3) is 2.56. The van der Waals surface area contributed by atoms with E-state index < -0.39 is 10.0 Å².